The van der Waals surface area contributed by atoms with Crippen LogP contribution in [0.5, 0.6) is 0 Å². The van der Waals surface area contributed by atoms with Crippen molar-refractivity contribution in [2.75, 3.05) is 18.4 Å². The number of rotatable bonds is 7. The molecular formula is C30H27N9O2S. The van der Waals surface area contributed by atoms with Gasteiger partial charge in [0, 0.05) is 24.4 Å². The Labute approximate surface area is 244 Å². The predicted molar refractivity (Wildman–Crippen MR) is 162 cm³/mol. The van der Waals surface area contributed by atoms with E-state index in [2.05, 4.69) is 35.8 Å². The third kappa shape index (κ3) is 5.06. The second-order valence-electron chi connectivity index (χ2n) is 10.4. The number of fused-ring (bicyclic) bond motifs is 2. The number of carbonyl (C=O) groups excluding carboxylic acids is 2. The molecule has 12 heteroatoms. The first kappa shape index (κ1) is 26.1. The smallest absolute Gasteiger partial charge is 0.224 e. The lowest BCUT2D eigenvalue weighted by atomic mass is 9.94. The number of hydrogen-bond donors (Lipinski definition) is 4. The Morgan fingerprint density at radius 3 is 2.69 bits per heavy atom. The van der Waals surface area contributed by atoms with Gasteiger partial charge in [-0.2, -0.15) is 5.10 Å². The van der Waals surface area contributed by atoms with Crippen LogP contribution in [0.1, 0.15) is 35.9 Å². The Hall–Kier alpha value is -4.81. The van der Waals surface area contributed by atoms with Crippen molar-refractivity contribution in [1.29, 1.82) is 0 Å². The van der Waals surface area contributed by atoms with E-state index in [1.807, 2.05) is 36.4 Å². The zero-order valence-corrected chi connectivity index (χ0v) is 23.6. The Balaban J connectivity index is 1.19. The van der Waals surface area contributed by atoms with Gasteiger partial charge < -0.3 is 15.6 Å². The van der Waals surface area contributed by atoms with E-state index in [0.29, 0.717) is 56.8 Å². The van der Waals surface area contributed by atoms with Crippen LogP contribution in [0, 0.1) is 5.92 Å². The topological polar surface area (TPSA) is 154 Å². The molecule has 4 N–H and O–H groups in total. The van der Waals surface area contributed by atoms with Gasteiger partial charge in [0.1, 0.15) is 16.7 Å². The maximum atomic E-state index is 12.7. The zero-order valence-electron chi connectivity index (χ0n) is 22.8. The summed E-state index contributed by atoms with van der Waals surface area (Å²) in [6.07, 6.45) is 7.64. The standard InChI is InChI=1S/C30H27N9O2S/c1-16(40)23-4-5-24(42-23)28-26-21(8-11-33-28)36-30(37-26)29-27-22(38-39-29)3-2-20(35-27)18-13-19(15-32-14-18)34-25(41)12-17-6-9-31-10-7-17/h2-5,8,11,13-15,17,31H,6-7,9-10,12H2,1H3,(H,34,41)(H,36,37)(H,38,39). The minimum atomic E-state index is 0.000178. The number of pyridine rings is 3. The minimum absolute atomic E-state index is 0.000178. The predicted octanol–water partition coefficient (Wildman–Crippen LogP) is 5.22. The van der Waals surface area contributed by atoms with Gasteiger partial charge in [0.05, 0.1) is 38.4 Å². The molecule has 7 heterocycles. The van der Waals surface area contributed by atoms with Gasteiger partial charge in [-0.1, -0.05) is 0 Å². The van der Waals surface area contributed by atoms with Crippen molar-refractivity contribution in [1.82, 2.24) is 40.4 Å². The maximum Gasteiger partial charge on any atom is 0.224 e. The molecule has 1 aliphatic heterocycles. The molecule has 7 rings (SSSR count). The van der Waals surface area contributed by atoms with Gasteiger partial charge in [-0.05, 0) is 75.2 Å². The molecule has 210 valence electrons. The van der Waals surface area contributed by atoms with Crippen LogP contribution < -0.4 is 10.6 Å². The molecule has 6 aromatic heterocycles. The van der Waals surface area contributed by atoms with Crippen molar-refractivity contribution in [3.8, 4) is 33.3 Å². The number of H-pyrrole nitrogens is 2. The second kappa shape index (κ2) is 10.9. The van der Waals surface area contributed by atoms with Crippen LogP contribution in [-0.2, 0) is 4.79 Å². The maximum absolute atomic E-state index is 12.7. The summed E-state index contributed by atoms with van der Waals surface area (Å²) in [6, 6.07) is 11.3. The highest BCUT2D eigenvalue weighted by molar-refractivity contribution is 7.17. The number of hydrogen-bond acceptors (Lipinski definition) is 9. The van der Waals surface area contributed by atoms with Crippen LogP contribution >= 0.6 is 11.3 Å². The summed E-state index contributed by atoms with van der Waals surface area (Å²) < 4.78 is 0. The summed E-state index contributed by atoms with van der Waals surface area (Å²) in [5.74, 6) is 0.974. The summed E-state index contributed by atoms with van der Waals surface area (Å²) in [7, 11) is 0. The lowest BCUT2D eigenvalue weighted by molar-refractivity contribution is -0.117. The average molecular weight is 578 g/mol. The van der Waals surface area contributed by atoms with Gasteiger partial charge in [-0.3, -0.25) is 24.7 Å². The first-order valence-electron chi connectivity index (χ1n) is 13.8. The third-order valence-corrected chi connectivity index (χ3v) is 8.66. The van der Waals surface area contributed by atoms with E-state index < -0.39 is 0 Å². The monoisotopic (exact) mass is 577 g/mol. The van der Waals surface area contributed by atoms with Crippen molar-refractivity contribution in [2.45, 2.75) is 26.2 Å². The number of amides is 1. The fraction of sp³-hybridized carbons (Fsp3) is 0.233. The van der Waals surface area contributed by atoms with Crippen LogP contribution in [0.25, 0.3) is 55.4 Å². The highest BCUT2D eigenvalue weighted by atomic mass is 32.1. The van der Waals surface area contributed by atoms with Crippen LogP contribution in [0.3, 0.4) is 0 Å². The van der Waals surface area contributed by atoms with Gasteiger partial charge in [0.2, 0.25) is 5.91 Å². The molecule has 42 heavy (non-hydrogen) atoms. The average Bonchev–Trinajstić information content (AvgIpc) is 3.75. The van der Waals surface area contributed by atoms with Crippen LogP contribution in [0.15, 0.2) is 55.0 Å². The van der Waals surface area contributed by atoms with Crippen molar-refractivity contribution in [3.05, 3.63) is 59.9 Å². The summed E-state index contributed by atoms with van der Waals surface area (Å²) in [5.41, 5.74) is 6.29. The van der Waals surface area contributed by atoms with E-state index in [4.69, 9.17) is 9.97 Å². The highest BCUT2D eigenvalue weighted by Gasteiger charge is 2.20. The Bertz CT molecular complexity index is 1950. The molecule has 0 atom stereocenters. The SMILES string of the molecule is CC(=O)c1ccc(-c2nccc3[nH]c(-c4n[nH]c5ccc(-c6cncc(NC(=O)CC7CCNCC7)c6)nc45)nc23)s1. The molecular weight excluding hydrogens is 550 g/mol. The number of nitrogens with one attached hydrogen (secondary N) is 4. The summed E-state index contributed by atoms with van der Waals surface area (Å²) >= 11 is 1.40. The Morgan fingerprint density at radius 1 is 1.00 bits per heavy atom. The number of aromatic amines is 2. The number of nitrogens with zero attached hydrogens (tertiary/aromatic N) is 5. The first-order valence-corrected chi connectivity index (χ1v) is 14.6. The number of carbonyl (C=O) groups is 2. The van der Waals surface area contributed by atoms with Crippen molar-refractivity contribution in [2.24, 2.45) is 5.92 Å². The van der Waals surface area contributed by atoms with Gasteiger partial charge >= 0.3 is 0 Å². The molecule has 1 aliphatic rings. The summed E-state index contributed by atoms with van der Waals surface area (Å²) in [6.45, 7) is 3.47. The van der Waals surface area contributed by atoms with Gasteiger partial charge in [-0.15, -0.1) is 11.3 Å². The lowest BCUT2D eigenvalue weighted by Crippen LogP contribution is -2.30. The number of ketones is 1. The number of Topliss-reactive ketones (excluding diaryl/α,β-unsaturated/α-hetero) is 1. The number of imidazole rings is 1. The third-order valence-electron chi connectivity index (χ3n) is 7.47. The lowest BCUT2D eigenvalue weighted by Gasteiger charge is -2.21. The molecule has 0 unspecified atom stereocenters. The highest BCUT2D eigenvalue weighted by Crippen LogP contribution is 2.34. The summed E-state index contributed by atoms with van der Waals surface area (Å²) in [5, 5.41) is 13.9. The minimum Gasteiger partial charge on any atom is -0.336 e. The largest absolute Gasteiger partial charge is 0.336 e. The van der Waals surface area contributed by atoms with Crippen molar-refractivity contribution in [3.63, 3.8) is 0 Å². The number of thiophene rings is 1. The van der Waals surface area contributed by atoms with E-state index in [1.54, 1.807) is 25.5 Å². The molecule has 1 amide bonds. The quantitative estimate of drug-likeness (QED) is 0.188. The van der Waals surface area contributed by atoms with E-state index in [0.717, 1.165) is 47.4 Å². The second-order valence-corrected chi connectivity index (χ2v) is 11.5. The van der Waals surface area contributed by atoms with Gasteiger partial charge in [-0.25, -0.2) is 9.97 Å². The Morgan fingerprint density at radius 2 is 1.86 bits per heavy atom. The van der Waals surface area contributed by atoms with Crippen molar-refractivity contribution < 1.29 is 9.59 Å². The van der Waals surface area contributed by atoms with E-state index >= 15 is 0 Å². The fourth-order valence-corrected chi connectivity index (χ4v) is 6.21. The molecule has 0 saturated carbocycles. The Kier molecular flexibility index (Phi) is 6.76. The van der Waals surface area contributed by atoms with Crippen LogP contribution in [0.4, 0.5) is 5.69 Å². The van der Waals surface area contributed by atoms with Crippen LogP contribution in [-0.4, -0.2) is 59.9 Å². The number of anilines is 1. The molecule has 0 aromatic carbocycles. The molecule has 0 aliphatic carbocycles. The first-order chi connectivity index (χ1) is 20.5. The van der Waals surface area contributed by atoms with Crippen molar-refractivity contribution >= 4 is 50.8 Å². The number of piperidine rings is 1. The van der Waals surface area contributed by atoms with E-state index in [9.17, 15) is 9.59 Å². The van der Waals surface area contributed by atoms with Gasteiger partial charge in [0.15, 0.2) is 17.3 Å². The summed E-state index contributed by atoms with van der Waals surface area (Å²) in [4.78, 5) is 48.1. The molecule has 6 aromatic rings. The molecule has 0 bridgehead atoms. The molecule has 1 fully saturated rings. The van der Waals surface area contributed by atoms with Crippen LogP contribution in [0.2, 0.25) is 0 Å². The van der Waals surface area contributed by atoms with Gasteiger partial charge in [0.25, 0.3) is 0 Å². The molecule has 11 nitrogen and oxygen atoms in total. The van der Waals surface area contributed by atoms with E-state index in [1.165, 1.54) is 11.3 Å². The molecule has 0 radical (unpaired) electrons. The normalized spacial score (nSPS) is 14.0. The molecule has 1 saturated heterocycles. The number of aromatic nitrogens is 7. The zero-order chi connectivity index (χ0) is 28.6. The molecule has 0 spiro atoms. The van der Waals surface area contributed by atoms with E-state index in [-0.39, 0.29) is 11.7 Å². The fourth-order valence-electron chi connectivity index (χ4n) is 5.32.